The van der Waals surface area contributed by atoms with Crippen molar-refractivity contribution in [1.82, 2.24) is 0 Å². The molecule has 18 heavy (non-hydrogen) atoms. The Morgan fingerprint density at radius 1 is 1.33 bits per heavy atom. The number of aliphatic hydroxyl groups excluding tert-OH is 1. The molecule has 0 aliphatic carbocycles. The zero-order valence-corrected chi connectivity index (χ0v) is 11.5. The largest absolute Gasteiger partial charge is 0.550 e. The number of hydrogen-bond donors (Lipinski definition) is 2. The first-order valence-corrected chi connectivity index (χ1v) is 5.94. The van der Waals surface area contributed by atoms with Crippen LogP contribution in [0.3, 0.4) is 0 Å². The van der Waals surface area contributed by atoms with Gasteiger partial charge in [0.2, 0.25) is 0 Å². The summed E-state index contributed by atoms with van der Waals surface area (Å²) in [4.78, 5) is 22.6. The third kappa shape index (κ3) is 6.09. The molecule has 0 aliphatic rings. The molecule has 106 valence electrons. The summed E-state index contributed by atoms with van der Waals surface area (Å²) >= 11 is 0. The third-order valence-electron chi connectivity index (χ3n) is 2.58. The highest BCUT2D eigenvalue weighted by molar-refractivity contribution is 5.91. The Hall–Kier alpha value is -0.980. The molecule has 0 aliphatic heterocycles. The number of nitrogens with zero attached hydrogens (tertiary/aromatic N) is 1. The van der Waals surface area contributed by atoms with Crippen molar-refractivity contribution in [1.29, 1.82) is 0 Å². The lowest BCUT2D eigenvalue weighted by atomic mass is 9.89. The summed E-state index contributed by atoms with van der Waals surface area (Å²) in [7, 11) is 5.22. The third-order valence-corrected chi connectivity index (χ3v) is 2.58. The molecule has 2 N–H and O–H groups in total. The highest BCUT2D eigenvalue weighted by Crippen LogP contribution is 2.19. The summed E-state index contributed by atoms with van der Waals surface area (Å²) in [6.07, 6.45) is -1.49. The quantitative estimate of drug-likeness (QED) is 0.507. The van der Waals surface area contributed by atoms with Crippen molar-refractivity contribution in [3.8, 4) is 0 Å². The van der Waals surface area contributed by atoms with Gasteiger partial charge >= 0.3 is 0 Å². The van der Waals surface area contributed by atoms with Crippen LogP contribution in [-0.2, 0) is 9.59 Å². The van der Waals surface area contributed by atoms with E-state index in [1.165, 1.54) is 0 Å². The summed E-state index contributed by atoms with van der Waals surface area (Å²) < 4.78 is 0.234. The SMILES string of the molecule is CCC(O)CC(=O)C(O)(CC(=O)[O-])C[N+](C)(C)C. The van der Waals surface area contributed by atoms with E-state index in [4.69, 9.17) is 0 Å². The first-order valence-electron chi connectivity index (χ1n) is 5.94. The van der Waals surface area contributed by atoms with Crippen LogP contribution >= 0.6 is 0 Å². The van der Waals surface area contributed by atoms with Crippen molar-refractivity contribution >= 4 is 11.8 Å². The zero-order valence-electron chi connectivity index (χ0n) is 11.5. The fourth-order valence-corrected chi connectivity index (χ4v) is 1.81. The molecule has 0 amide bonds. The van der Waals surface area contributed by atoms with Crippen LogP contribution in [-0.4, -0.2) is 65.8 Å². The minimum atomic E-state index is -1.99. The van der Waals surface area contributed by atoms with Crippen LogP contribution < -0.4 is 5.11 Å². The molecule has 2 atom stereocenters. The second-order valence-electron chi connectivity index (χ2n) is 5.72. The number of quaternary nitrogens is 1. The molecular weight excluding hydrogens is 238 g/mol. The van der Waals surface area contributed by atoms with Crippen LogP contribution in [0.1, 0.15) is 26.2 Å². The summed E-state index contributed by atoms with van der Waals surface area (Å²) in [5, 5.41) is 30.3. The average molecular weight is 261 g/mol. The number of carboxylic acid groups (broad SMARTS) is 1. The van der Waals surface area contributed by atoms with Gasteiger partial charge in [-0.15, -0.1) is 0 Å². The normalized spacial score (nSPS) is 17.0. The fraction of sp³-hybridized carbons (Fsp3) is 0.833. The van der Waals surface area contributed by atoms with Gasteiger partial charge in [0.1, 0.15) is 6.54 Å². The van der Waals surface area contributed by atoms with Gasteiger partial charge in [-0.25, -0.2) is 0 Å². The number of likely N-dealkylation sites (N-methyl/N-ethyl adjacent to an activating group) is 1. The van der Waals surface area contributed by atoms with E-state index in [1.807, 2.05) is 0 Å². The summed E-state index contributed by atoms with van der Waals surface area (Å²) in [5.41, 5.74) is -1.99. The average Bonchev–Trinajstić information content (AvgIpc) is 2.12. The number of Topliss-reactive ketones (excluding diaryl/α,β-unsaturated/α-hetero) is 1. The van der Waals surface area contributed by atoms with Gasteiger partial charge in [-0.3, -0.25) is 4.79 Å². The van der Waals surface area contributed by atoms with Crippen molar-refractivity contribution < 1.29 is 29.4 Å². The molecule has 0 spiro atoms. The smallest absolute Gasteiger partial charge is 0.177 e. The molecule has 6 heteroatoms. The Morgan fingerprint density at radius 3 is 2.17 bits per heavy atom. The molecular formula is C12H23NO5. The number of aliphatic hydroxyl groups is 2. The monoisotopic (exact) mass is 261 g/mol. The van der Waals surface area contributed by atoms with Gasteiger partial charge in [-0.2, -0.15) is 0 Å². The molecule has 0 aromatic carbocycles. The van der Waals surface area contributed by atoms with Crippen LogP contribution in [0.15, 0.2) is 0 Å². The Balaban J connectivity index is 4.96. The first kappa shape index (κ1) is 17.0. The van der Waals surface area contributed by atoms with E-state index in [2.05, 4.69) is 0 Å². The van der Waals surface area contributed by atoms with Crippen LogP contribution in [0.25, 0.3) is 0 Å². The number of aliphatic carboxylic acids is 1. The fourth-order valence-electron chi connectivity index (χ4n) is 1.81. The lowest BCUT2D eigenvalue weighted by Crippen LogP contribution is -2.56. The predicted octanol–water partition coefficient (Wildman–Crippen LogP) is -1.71. The second kappa shape index (κ2) is 6.26. The predicted molar refractivity (Wildman–Crippen MR) is 63.4 cm³/mol. The van der Waals surface area contributed by atoms with Gasteiger partial charge < -0.3 is 24.6 Å². The van der Waals surface area contributed by atoms with Crippen LogP contribution in [0.2, 0.25) is 0 Å². The van der Waals surface area contributed by atoms with Crippen LogP contribution in [0.4, 0.5) is 0 Å². The lowest BCUT2D eigenvalue weighted by Gasteiger charge is -2.35. The molecule has 6 nitrogen and oxygen atoms in total. The van der Waals surface area contributed by atoms with E-state index in [9.17, 15) is 24.9 Å². The van der Waals surface area contributed by atoms with Crippen molar-refractivity contribution in [3.63, 3.8) is 0 Å². The molecule has 2 unspecified atom stereocenters. The minimum absolute atomic E-state index is 0.0454. The number of carbonyl (C=O) groups excluding carboxylic acids is 2. The van der Waals surface area contributed by atoms with Gasteiger partial charge in [0, 0.05) is 18.8 Å². The second-order valence-corrected chi connectivity index (χ2v) is 5.72. The number of ketones is 1. The standard InChI is InChI=1S/C12H23NO5/c1-5-9(14)6-10(15)12(18,7-11(16)17)8-13(2,3)4/h9,14,18H,5-8H2,1-4H3. The minimum Gasteiger partial charge on any atom is -0.550 e. The van der Waals surface area contributed by atoms with Gasteiger partial charge in [0.25, 0.3) is 0 Å². The van der Waals surface area contributed by atoms with Crippen molar-refractivity contribution in [2.45, 2.75) is 37.9 Å². The molecule has 0 rings (SSSR count). The molecule has 0 radical (unpaired) electrons. The highest BCUT2D eigenvalue weighted by Gasteiger charge is 2.41. The highest BCUT2D eigenvalue weighted by atomic mass is 16.4. The Kier molecular flexibility index (Phi) is 5.92. The van der Waals surface area contributed by atoms with Crippen molar-refractivity contribution in [3.05, 3.63) is 0 Å². The Bertz CT molecular complexity index is 310. The van der Waals surface area contributed by atoms with Gasteiger partial charge in [0.15, 0.2) is 11.4 Å². The Labute approximate surface area is 107 Å². The number of rotatable bonds is 8. The molecule has 0 saturated carbocycles. The summed E-state index contributed by atoms with van der Waals surface area (Å²) in [6.45, 7) is 1.66. The maximum Gasteiger partial charge on any atom is 0.177 e. The van der Waals surface area contributed by atoms with E-state index in [0.717, 1.165) is 0 Å². The number of carboxylic acids is 1. The molecule has 0 fully saturated rings. The summed E-state index contributed by atoms with van der Waals surface area (Å²) in [5.74, 6) is -2.14. The van der Waals surface area contributed by atoms with Crippen molar-refractivity contribution in [2.24, 2.45) is 0 Å². The van der Waals surface area contributed by atoms with E-state index >= 15 is 0 Å². The maximum atomic E-state index is 11.9. The summed E-state index contributed by atoms with van der Waals surface area (Å²) in [6, 6.07) is 0. The number of carbonyl (C=O) groups is 2. The van der Waals surface area contributed by atoms with E-state index in [1.54, 1.807) is 28.1 Å². The van der Waals surface area contributed by atoms with Crippen LogP contribution in [0.5, 0.6) is 0 Å². The topological polar surface area (TPSA) is 97.7 Å². The van der Waals surface area contributed by atoms with Crippen LogP contribution in [0, 0.1) is 0 Å². The number of hydrogen-bond acceptors (Lipinski definition) is 5. The van der Waals surface area contributed by atoms with Gasteiger partial charge in [-0.1, -0.05) is 6.92 Å². The lowest BCUT2D eigenvalue weighted by molar-refractivity contribution is -0.875. The van der Waals surface area contributed by atoms with Gasteiger partial charge in [-0.05, 0) is 6.42 Å². The van der Waals surface area contributed by atoms with Gasteiger partial charge in [0.05, 0.1) is 27.2 Å². The maximum absolute atomic E-state index is 11.9. The van der Waals surface area contributed by atoms with E-state index in [0.29, 0.717) is 6.42 Å². The zero-order chi connectivity index (χ0) is 14.6. The molecule has 0 aromatic rings. The molecule has 0 saturated heterocycles. The molecule has 0 aromatic heterocycles. The van der Waals surface area contributed by atoms with E-state index in [-0.39, 0.29) is 17.4 Å². The van der Waals surface area contributed by atoms with E-state index < -0.39 is 29.9 Å². The molecule has 0 heterocycles. The molecule has 0 bridgehead atoms. The van der Waals surface area contributed by atoms with Crippen molar-refractivity contribution in [2.75, 3.05) is 27.7 Å². The Morgan fingerprint density at radius 2 is 1.83 bits per heavy atom. The first-order chi connectivity index (χ1) is 8.00.